The van der Waals surface area contributed by atoms with Gasteiger partial charge in [-0.3, -0.25) is 14.6 Å². The first-order chi connectivity index (χ1) is 18.1. The van der Waals surface area contributed by atoms with Gasteiger partial charge in [-0.2, -0.15) is 5.26 Å². The molecule has 0 radical (unpaired) electrons. The maximum Gasteiger partial charge on any atom is 0.249 e. The van der Waals surface area contributed by atoms with E-state index in [1.54, 1.807) is 19.4 Å². The van der Waals surface area contributed by atoms with E-state index in [4.69, 9.17) is 14.3 Å². The van der Waals surface area contributed by atoms with Crippen molar-refractivity contribution in [1.82, 2.24) is 14.6 Å². The number of pyridine rings is 1. The summed E-state index contributed by atoms with van der Waals surface area (Å²) in [6.07, 6.45) is 7.82. The highest BCUT2D eigenvalue weighted by Gasteiger charge is 2.37. The van der Waals surface area contributed by atoms with Crippen molar-refractivity contribution in [3.63, 3.8) is 0 Å². The minimum Gasteiger partial charge on any atom is -0.489 e. The molecule has 1 amide bonds. The molecule has 2 aromatic heterocycles. The molecular formula is C28H31FN4O4. The van der Waals surface area contributed by atoms with Crippen LogP contribution in [0.15, 0.2) is 42.7 Å². The number of nitrogens with zero attached hydrogens (tertiary/aromatic N) is 4. The average Bonchev–Trinajstić information content (AvgIpc) is 3.56. The molecule has 0 spiro atoms. The van der Waals surface area contributed by atoms with Crippen molar-refractivity contribution in [2.75, 3.05) is 26.9 Å². The molecule has 8 nitrogen and oxygen atoms in total. The molecule has 3 heterocycles. The van der Waals surface area contributed by atoms with Crippen molar-refractivity contribution >= 4 is 16.9 Å². The highest BCUT2D eigenvalue weighted by Crippen LogP contribution is 2.37. The number of rotatable bonds is 8. The number of carbonyl (C=O) groups is 1. The van der Waals surface area contributed by atoms with Gasteiger partial charge in [-0.1, -0.05) is 0 Å². The zero-order valence-corrected chi connectivity index (χ0v) is 20.9. The van der Waals surface area contributed by atoms with Crippen LogP contribution in [0.1, 0.15) is 49.3 Å². The molecule has 0 bridgehead atoms. The van der Waals surface area contributed by atoms with Crippen LogP contribution in [0.4, 0.5) is 4.39 Å². The maximum absolute atomic E-state index is 14.0. The summed E-state index contributed by atoms with van der Waals surface area (Å²) in [5.74, 6) is 0.533. The summed E-state index contributed by atoms with van der Waals surface area (Å²) in [7, 11) is 1.64. The summed E-state index contributed by atoms with van der Waals surface area (Å²) >= 11 is 0. The van der Waals surface area contributed by atoms with Crippen LogP contribution in [-0.2, 0) is 20.9 Å². The van der Waals surface area contributed by atoms with Gasteiger partial charge in [0.2, 0.25) is 5.91 Å². The number of amides is 1. The SMILES string of the molecule is COCCOc1cnc2ccn(C[C@H]3CC[C@H](C(=O)N4OCC[C@H]4c4cc(F)cc(C#N)c4)CC3)c2c1. The van der Waals surface area contributed by atoms with E-state index >= 15 is 0 Å². The Morgan fingerprint density at radius 3 is 2.81 bits per heavy atom. The smallest absolute Gasteiger partial charge is 0.249 e. The second-order valence-corrected chi connectivity index (χ2v) is 9.79. The monoisotopic (exact) mass is 506 g/mol. The molecule has 2 fully saturated rings. The average molecular weight is 507 g/mol. The number of fused-ring (bicyclic) bond motifs is 1. The van der Waals surface area contributed by atoms with E-state index in [0.29, 0.717) is 37.7 Å². The van der Waals surface area contributed by atoms with E-state index in [1.165, 1.54) is 17.2 Å². The van der Waals surface area contributed by atoms with E-state index in [-0.39, 0.29) is 23.4 Å². The Kier molecular flexibility index (Phi) is 7.68. The zero-order valence-electron chi connectivity index (χ0n) is 20.9. The van der Waals surface area contributed by atoms with E-state index < -0.39 is 5.82 Å². The molecule has 1 atom stereocenters. The van der Waals surface area contributed by atoms with E-state index in [1.807, 2.05) is 18.2 Å². The largest absolute Gasteiger partial charge is 0.489 e. The molecule has 194 valence electrons. The Hall–Kier alpha value is -3.48. The lowest BCUT2D eigenvalue weighted by Crippen LogP contribution is -2.37. The predicted octanol–water partition coefficient (Wildman–Crippen LogP) is 4.78. The number of ether oxygens (including phenoxy) is 2. The first-order valence-corrected chi connectivity index (χ1v) is 12.8. The fraction of sp³-hybridized carbons (Fsp3) is 0.464. The van der Waals surface area contributed by atoms with E-state index in [9.17, 15) is 14.4 Å². The molecular weight excluding hydrogens is 475 g/mol. The molecule has 37 heavy (non-hydrogen) atoms. The number of hydrogen-bond acceptors (Lipinski definition) is 6. The molecule has 2 aliphatic rings. The quantitative estimate of drug-likeness (QED) is 0.409. The summed E-state index contributed by atoms with van der Waals surface area (Å²) in [5.41, 5.74) is 2.82. The molecule has 1 aliphatic carbocycles. The van der Waals surface area contributed by atoms with Gasteiger partial charge in [0, 0.05) is 38.3 Å². The van der Waals surface area contributed by atoms with Crippen molar-refractivity contribution in [3.05, 3.63) is 59.7 Å². The third kappa shape index (κ3) is 5.60. The lowest BCUT2D eigenvalue weighted by Gasteiger charge is -2.32. The maximum atomic E-state index is 14.0. The van der Waals surface area contributed by atoms with Crippen molar-refractivity contribution in [2.45, 2.75) is 44.7 Å². The number of halogens is 1. The van der Waals surface area contributed by atoms with Gasteiger partial charge in [0.05, 0.1) is 48.1 Å². The van der Waals surface area contributed by atoms with Crippen LogP contribution in [0.5, 0.6) is 5.75 Å². The van der Waals surface area contributed by atoms with Crippen molar-refractivity contribution in [3.8, 4) is 11.8 Å². The topological polar surface area (TPSA) is 89.6 Å². The number of benzene rings is 1. The Balaban J connectivity index is 1.20. The number of aromatic nitrogens is 2. The Morgan fingerprint density at radius 2 is 2.03 bits per heavy atom. The van der Waals surface area contributed by atoms with Crippen LogP contribution in [0.25, 0.3) is 11.0 Å². The number of methoxy groups -OCH3 is 1. The van der Waals surface area contributed by atoms with Crippen molar-refractivity contribution < 1.29 is 23.5 Å². The van der Waals surface area contributed by atoms with Gasteiger partial charge < -0.3 is 14.0 Å². The number of carbonyl (C=O) groups excluding carboxylic acids is 1. The van der Waals surface area contributed by atoms with Crippen LogP contribution in [0.3, 0.4) is 0 Å². The molecule has 1 saturated heterocycles. The fourth-order valence-electron chi connectivity index (χ4n) is 5.43. The molecule has 1 saturated carbocycles. The molecule has 0 unspecified atom stereocenters. The van der Waals surface area contributed by atoms with Crippen LogP contribution in [0, 0.1) is 29.0 Å². The minimum atomic E-state index is -0.477. The Bertz CT molecular complexity index is 1300. The van der Waals surface area contributed by atoms with Gasteiger partial charge in [0.15, 0.2) is 0 Å². The van der Waals surface area contributed by atoms with E-state index in [0.717, 1.165) is 49.0 Å². The minimum absolute atomic E-state index is 0.0443. The molecule has 0 N–H and O–H groups in total. The fourth-order valence-corrected chi connectivity index (χ4v) is 5.43. The first kappa shape index (κ1) is 25.2. The highest BCUT2D eigenvalue weighted by molar-refractivity contribution is 5.79. The third-order valence-electron chi connectivity index (χ3n) is 7.36. The normalized spacial score (nSPS) is 21.8. The lowest BCUT2D eigenvalue weighted by molar-refractivity contribution is -0.183. The van der Waals surface area contributed by atoms with Gasteiger partial charge >= 0.3 is 0 Å². The van der Waals surface area contributed by atoms with Crippen LogP contribution in [0.2, 0.25) is 0 Å². The highest BCUT2D eigenvalue weighted by atomic mass is 19.1. The zero-order chi connectivity index (χ0) is 25.8. The summed E-state index contributed by atoms with van der Waals surface area (Å²) in [5, 5.41) is 10.6. The lowest BCUT2D eigenvalue weighted by atomic mass is 9.81. The van der Waals surface area contributed by atoms with Gasteiger partial charge in [-0.05, 0) is 61.4 Å². The van der Waals surface area contributed by atoms with Crippen LogP contribution >= 0.6 is 0 Å². The van der Waals surface area contributed by atoms with Gasteiger partial charge in [0.25, 0.3) is 0 Å². The summed E-state index contributed by atoms with van der Waals surface area (Å²) in [4.78, 5) is 23.6. The third-order valence-corrected chi connectivity index (χ3v) is 7.36. The van der Waals surface area contributed by atoms with Gasteiger partial charge in [-0.15, -0.1) is 0 Å². The summed E-state index contributed by atoms with van der Waals surface area (Å²) in [6, 6.07) is 9.88. The molecule has 1 aliphatic heterocycles. The second kappa shape index (κ2) is 11.3. The number of hydroxylamine groups is 2. The van der Waals surface area contributed by atoms with Crippen LogP contribution < -0.4 is 4.74 Å². The van der Waals surface area contributed by atoms with Crippen LogP contribution in [-0.4, -0.2) is 47.5 Å². The summed E-state index contributed by atoms with van der Waals surface area (Å²) in [6.45, 7) is 2.25. The molecule has 9 heteroatoms. The van der Waals surface area contributed by atoms with Gasteiger partial charge in [-0.25, -0.2) is 9.45 Å². The van der Waals surface area contributed by atoms with Gasteiger partial charge in [0.1, 0.15) is 18.2 Å². The Morgan fingerprint density at radius 1 is 1.19 bits per heavy atom. The number of hydrogen-bond donors (Lipinski definition) is 0. The second-order valence-electron chi connectivity index (χ2n) is 9.79. The standard InChI is InChI=1S/C28H31FN4O4/c1-35-10-11-36-24-15-27-25(31-17-24)6-8-32(27)18-19-2-4-21(5-3-19)28(34)33-26(7-9-37-33)22-12-20(16-30)13-23(29)14-22/h6,8,12-15,17,19,21,26H,2-5,7,9-11,18H2,1H3/t19-,21-,26-/m0/s1. The number of nitriles is 1. The first-order valence-electron chi connectivity index (χ1n) is 12.8. The van der Waals surface area contributed by atoms with E-state index in [2.05, 4.69) is 15.7 Å². The molecule has 5 rings (SSSR count). The Labute approximate surface area is 215 Å². The van der Waals surface area contributed by atoms with Crippen molar-refractivity contribution in [2.24, 2.45) is 11.8 Å². The predicted molar refractivity (Wildman–Crippen MR) is 134 cm³/mol. The summed E-state index contributed by atoms with van der Waals surface area (Å²) < 4.78 is 27.0. The molecule has 3 aromatic rings. The molecule has 1 aromatic carbocycles. The van der Waals surface area contributed by atoms with Crippen molar-refractivity contribution in [1.29, 1.82) is 5.26 Å².